The fourth-order valence-electron chi connectivity index (χ4n) is 2.26. The third kappa shape index (κ3) is 3.97. The zero-order chi connectivity index (χ0) is 12.0. The molecule has 1 amide bonds. The van der Waals surface area contributed by atoms with Crippen molar-refractivity contribution in [3.05, 3.63) is 12.2 Å². The quantitative estimate of drug-likeness (QED) is 0.719. The Bertz CT molecular complexity index is 253. The number of nitrogens with one attached hydrogen (secondary N) is 1. The van der Waals surface area contributed by atoms with Crippen LogP contribution in [0.5, 0.6) is 0 Å². The highest BCUT2D eigenvalue weighted by atomic mass is 16.3. The molecule has 0 aromatic carbocycles. The minimum absolute atomic E-state index is 0.117. The van der Waals surface area contributed by atoms with Crippen molar-refractivity contribution in [3.63, 3.8) is 0 Å². The van der Waals surface area contributed by atoms with Crippen molar-refractivity contribution in [3.8, 4) is 0 Å². The van der Waals surface area contributed by atoms with E-state index in [9.17, 15) is 9.90 Å². The highest BCUT2D eigenvalue weighted by molar-refractivity contribution is 5.87. The molecule has 0 aliphatic heterocycles. The van der Waals surface area contributed by atoms with E-state index in [2.05, 4.69) is 12.2 Å². The summed E-state index contributed by atoms with van der Waals surface area (Å²) in [6.45, 7) is 4.39. The van der Waals surface area contributed by atoms with E-state index in [1.54, 1.807) is 13.0 Å². The largest absolute Gasteiger partial charge is 0.388 e. The topological polar surface area (TPSA) is 49.3 Å². The standard InChI is InChI=1S/C13H23NO2/c1-3-5-12(15)14-10-13(16)8-6-11(4-2)7-9-13/h3,5,11,16H,4,6-10H2,1-2H3,(H,14,15). The predicted molar refractivity (Wildman–Crippen MR) is 65.0 cm³/mol. The van der Waals surface area contributed by atoms with Crippen LogP contribution in [0, 0.1) is 5.92 Å². The number of carbonyl (C=O) groups excluding carboxylic acids is 1. The number of aliphatic hydroxyl groups is 1. The van der Waals surface area contributed by atoms with Gasteiger partial charge in [0.25, 0.3) is 0 Å². The highest BCUT2D eigenvalue weighted by Crippen LogP contribution is 2.33. The van der Waals surface area contributed by atoms with Gasteiger partial charge < -0.3 is 10.4 Å². The fourth-order valence-corrected chi connectivity index (χ4v) is 2.26. The summed E-state index contributed by atoms with van der Waals surface area (Å²) in [7, 11) is 0. The van der Waals surface area contributed by atoms with Gasteiger partial charge in [0, 0.05) is 6.54 Å². The SMILES string of the molecule is CC=CC(=O)NCC1(O)CCC(CC)CC1. The molecule has 0 spiro atoms. The lowest BCUT2D eigenvalue weighted by atomic mass is 9.78. The molecule has 0 unspecified atom stereocenters. The van der Waals surface area contributed by atoms with Crippen molar-refractivity contribution in [2.45, 2.75) is 51.6 Å². The molecule has 3 nitrogen and oxygen atoms in total. The molecule has 0 aromatic rings. The van der Waals surface area contributed by atoms with Crippen LogP contribution < -0.4 is 5.32 Å². The number of rotatable bonds is 4. The van der Waals surface area contributed by atoms with E-state index in [-0.39, 0.29) is 5.91 Å². The van der Waals surface area contributed by atoms with Crippen LogP contribution in [0.1, 0.15) is 46.0 Å². The Morgan fingerprint density at radius 1 is 1.50 bits per heavy atom. The van der Waals surface area contributed by atoms with E-state index in [0.29, 0.717) is 6.54 Å². The molecular weight excluding hydrogens is 202 g/mol. The highest BCUT2D eigenvalue weighted by Gasteiger charge is 2.32. The van der Waals surface area contributed by atoms with Gasteiger partial charge in [-0.05, 0) is 44.6 Å². The van der Waals surface area contributed by atoms with Crippen molar-refractivity contribution >= 4 is 5.91 Å². The maximum Gasteiger partial charge on any atom is 0.243 e. The lowest BCUT2D eigenvalue weighted by molar-refractivity contribution is -0.118. The Morgan fingerprint density at radius 2 is 2.12 bits per heavy atom. The first-order valence-electron chi connectivity index (χ1n) is 6.22. The van der Waals surface area contributed by atoms with Crippen LogP contribution in [0.4, 0.5) is 0 Å². The number of hydrogen-bond donors (Lipinski definition) is 2. The second-order valence-corrected chi connectivity index (χ2v) is 4.79. The van der Waals surface area contributed by atoms with Crippen molar-refractivity contribution in [1.29, 1.82) is 0 Å². The molecule has 0 heterocycles. The summed E-state index contributed by atoms with van der Waals surface area (Å²) in [5.74, 6) is 0.639. The van der Waals surface area contributed by atoms with Gasteiger partial charge in [0.05, 0.1) is 5.60 Å². The molecule has 0 atom stereocenters. The average Bonchev–Trinajstić information content (AvgIpc) is 2.28. The molecule has 0 bridgehead atoms. The smallest absolute Gasteiger partial charge is 0.243 e. The van der Waals surface area contributed by atoms with E-state index in [0.717, 1.165) is 31.6 Å². The molecule has 3 heteroatoms. The monoisotopic (exact) mass is 225 g/mol. The Labute approximate surface area is 97.9 Å². The van der Waals surface area contributed by atoms with Crippen LogP contribution in [-0.4, -0.2) is 23.2 Å². The van der Waals surface area contributed by atoms with Crippen LogP contribution in [0.3, 0.4) is 0 Å². The van der Waals surface area contributed by atoms with E-state index in [4.69, 9.17) is 0 Å². The zero-order valence-electron chi connectivity index (χ0n) is 10.3. The minimum Gasteiger partial charge on any atom is -0.388 e. The lowest BCUT2D eigenvalue weighted by Gasteiger charge is -2.35. The summed E-state index contributed by atoms with van der Waals surface area (Å²) in [5, 5.41) is 13.0. The van der Waals surface area contributed by atoms with Gasteiger partial charge in [0.2, 0.25) is 5.91 Å². The molecule has 2 N–H and O–H groups in total. The van der Waals surface area contributed by atoms with Crippen molar-refractivity contribution in [1.82, 2.24) is 5.32 Å². The van der Waals surface area contributed by atoms with Crippen LogP contribution in [0.25, 0.3) is 0 Å². The maximum atomic E-state index is 11.2. The number of allylic oxidation sites excluding steroid dienone is 1. The first-order chi connectivity index (χ1) is 7.59. The third-order valence-electron chi connectivity index (χ3n) is 3.52. The molecule has 0 radical (unpaired) electrons. The number of amides is 1. The zero-order valence-corrected chi connectivity index (χ0v) is 10.3. The Balaban J connectivity index is 2.33. The third-order valence-corrected chi connectivity index (χ3v) is 3.52. The average molecular weight is 225 g/mol. The molecule has 1 fully saturated rings. The summed E-state index contributed by atoms with van der Waals surface area (Å²) in [5.41, 5.74) is -0.678. The molecule has 0 aromatic heterocycles. The first kappa shape index (κ1) is 13.2. The van der Waals surface area contributed by atoms with Gasteiger partial charge in [0.1, 0.15) is 0 Å². The number of hydrogen-bond acceptors (Lipinski definition) is 2. The van der Waals surface area contributed by atoms with E-state index in [1.807, 2.05) is 0 Å². The van der Waals surface area contributed by atoms with Gasteiger partial charge in [-0.3, -0.25) is 4.79 Å². The van der Waals surface area contributed by atoms with Crippen molar-refractivity contribution < 1.29 is 9.90 Å². The van der Waals surface area contributed by atoms with E-state index < -0.39 is 5.60 Å². The molecule has 16 heavy (non-hydrogen) atoms. The summed E-state index contributed by atoms with van der Waals surface area (Å²) >= 11 is 0. The maximum absolute atomic E-state index is 11.2. The van der Waals surface area contributed by atoms with Crippen LogP contribution >= 0.6 is 0 Å². The normalized spacial score (nSPS) is 30.6. The van der Waals surface area contributed by atoms with Crippen LogP contribution in [-0.2, 0) is 4.79 Å². The fraction of sp³-hybridized carbons (Fsp3) is 0.769. The number of carbonyl (C=O) groups is 1. The Morgan fingerprint density at radius 3 is 2.62 bits per heavy atom. The summed E-state index contributed by atoms with van der Waals surface area (Å²) < 4.78 is 0. The van der Waals surface area contributed by atoms with Gasteiger partial charge in [0.15, 0.2) is 0 Å². The molecule has 1 rings (SSSR count). The van der Waals surface area contributed by atoms with E-state index >= 15 is 0 Å². The summed E-state index contributed by atoms with van der Waals surface area (Å²) in [6.07, 6.45) is 8.15. The van der Waals surface area contributed by atoms with Crippen LogP contribution in [0.15, 0.2) is 12.2 Å². The molecule has 1 aliphatic rings. The van der Waals surface area contributed by atoms with Crippen molar-refractivity contribution in [2.24, 2.45) is 5.92 Å². The second-order valence-electron chi connectivity index (χ2n) is 4.79. The molecular formula is C13H23NO2. The van der Waals surface area contributed by atoms with Crippen LogP contribution in [0.2, 0.25) is 0 Å². The molecule has 1 saturated carbocycles. The second kappa shape index (κ2) is 6.04. The summed E-state index contributed by atoms with van der Waals surface area (Å²) in [6, 6.07) is 0. The first-order valence-corrected chi connectivity index (χ1v) is 6.22. The van der Waals surface area contributed by atoms with Gasteiger partial charge in [-0.1, -0.05) is 19.4 Å². The minimum atomic E-state index is -0.678. The molecule has 0 saturated heterocycles. The Kier molecular flexibility index (Phi) is 5.00. The van der Waals surface area contributed by atoms with Crippen molar-refractivity contribution in [2.75, 3.05) is 6.54 Å². The summed E-state index contributed by atoms with van der Waals surface area (Å²) in [4.78, 5) is 11.2. The molecule has 1 aliphatic carbocycles. The van der Waals surface area contributed by atoms with Gasteiger partial charge in [-0.2, -0.15) is 0 Å². The molecule has 92 valence electrons. The van der Waals surface area contributed by atoms with Gasteiger partial charge in [-0.15, -0.1) is 0 Å². The van der Waals surface area contributed by atoms with Gasteiger partial charge >= 0.3 is 0 Å². The van der Waals surface area contributed by atoms with E-state index in [1.165, 1.54) is 12.5 Å². The predicted octanol–water partition coefficient (Wildman–Crippen LogP) is 2.01. The van der Waals surface area contributed by atoms with Gasteiger partial charge in [-0.25, -0.2) is 0 Å². The Hall–Kier alpha value is -0.830. The lowest BCUT2D eigenvalue weighted by Crippen LogP contribution is -2.45.